The smallest absolute Gasteiger partial charge is 0.138 e. The molecule has 1 atom stereocenters. The number of rotatable bonds is 5. The van der Waals surface area contributed by atoms with Crippen LogP contribution in [0.4, 0.5) is 4.39 Å². The fourth-order valence-corrected chi connectivity index (χ4v) is 2.32. The molecule has 108 valence electrons. The molecule has 2 rings (SSSR count). The van der Waals surface area contributed by atoms with Crippen molar-refractivity contribution in [3.8, 4) is 0 Å². The van der Waals surface area contributed by atoms with E-state index < -0.39 is 6.10 Å². The summed E-state index contributed by atoms with van der Waals surface area (Å²) in [4.78, 5) is 4.15. The summed E-state index contributed by atoms with van der Waals surface area (Å²) in [6.45, 7) is 4.00. The minimum atomic E-state index is -0.639. The van der Waals surface area contributed by atoms with Crippen LogP contribution in [0.15, 0.2) is 24.5 Å². The molecule has 0 fully saturated rings. The molecular formula is C14H17ClFN3O. The monoisotopic (exact) mass is 297 g/mol. The Hall–Kier alpha value is -1.46. The van der Waals surface area contributed by atoms with Gasteiger partial charge in [0, 0.05) is 23.9 Å². The third-order valence-electron chi connectivity index (χ3n) is 3.03. The normalized spacial score (nSPS) is 12.9. The van der Waals surface area contributed by atoms with E-state index in [0.29, 0.717) is 17.9 Å². The molecule has 0 aliphatic rings. The molecule has 0 amide bonds. The first-order valence-electron chi connectivity index (χ1n) is 6.47. The molecule has 0 spiro atoms. The van der Waals surface area contributed by atoms with Gasteiger partial charge in [-0.1, -0.05) is 17.7 Å². The van der Waals surface area contributed by atoms with Gasteiger partial charge < -0.3 is 5.11 Å². The van der Waals surface area contributed by atoms with Gasteiger partial charge in [-0.2, -0.15) is 5.10 Å². The molecule has 0 bridgehead atoms. The van der Waals surface area contributed by atoms with Gasteiger partial charge >= 0.3 is 0 Å². The van der Waals surface area contributed by atoms with Gasteiger partial charge in [-0.15, -0.1) is 0 Å². The van der Waals surface area contributed by atoms with Crippen LogP contribution < -0.4 is 0 Å². The van der Waals surface area contributed by atoms with Crippen molar-refractivity contribution in [1.82, 2.24) is 14.8 Å². The van der Waals surface area contributed by atoms with Gasteiger partial charge in [-0.25, -0.2) is 14.1 Å². The lowest BCUT2D eigenvalue weighted by Gasteiger charge is -2.14. The molecule has 1 aromatic heterocycles. The second-order valence-corrected chi connectivity index (χ2v) is 5.42. The number of aliphatic hydroxyl groups is 1. The average molecular weight is 298 g/mol. The third kappa shape index (κ3) is 3.55. The van der Waals surface area contributed by atoms with Crippen molar-refractivity contribution >= 4 is 11.6 Å². The summed E-state index contributed by atoms with van der Waals surface area (Å²) in [6, 6.07) is 4.37. The largest absolute Gasteiger partial charge is 0.392 e. The maximum atomic E-state index is 13.0. The van der Waals surface area contributed by atoms with Crippen LogP contribution in [0.2, 0.25) is 5.02 Å². The van der Waals surface area contributed by atoms with Gasteiger partial charge in [0.1, 0.15) is 18.0 Å². The molecule has 0 aliphatic heterocycles. The molecule has 0 aliphatic carbocycles. The van der Waals surface area contributed by atoms with Crippen LogP contribution in [0.3, 0.4) is 0 Å². The summed E-state index contributed by atoms with van der Waals surface area (Å²) in [7, 11) is 0. The highest BCUT2D eigenvalue weighted by Gasteiger charge is 2.15. The van der Waals surface area contributed by atoms with Crippen LogP contribution in [0, 0.1) is 5.82 Å². The minimum Gasteiger partial charge on any atom is -0.392 e. The quantitative estimate of drug-likeness (QED) is 0.923. The molecule has 0 saturated carbocycles. The lowest BCUT2D eigenvalue weighted by Crippen LogP contribution is -2.19. The molecule has 4 nitrogen and oxygen atoms in total. The van der Waals surface area contributed by atoms with Crippen LogP contribution in [-0.2, 0) is 12.8 Å². The zero-order valence-electron chi connectivity index (χ0n) is 11.4. The summed E-state index contributed by atoms with van der Waals surface area (Å²) in [5.74, 6) is 0.346. The summed E-state index contributed by atoms with van der Waals surface area (Å²) < 4.78 is 14.7. The molecule has 1 aromatic carbocycles. The van der Waals surface area contributed by atoms with E-state index in [1.165, 1.54) is 18.5 Å². The Kier molecular flexibility index (Phi) is 4.73. The second-order valence-electron chi connectivity index (χ2n) is 5.01. The first-order chi connectivity index (χ1) is 9.47. The van der Waals surface area contributed by atoms with Crippen molar-refractivity contribution in [3.05, 3.63) is 46.8 Å². The fourth-order valence-electron chi connectivity index (χ4n) is 2.08. The van der Waals surface area contributed by atoms with Crippen molar-refractivity contribution in [2.75, 3.05) is 0 Å². The molecule has 6 heteroatoms. The topological polar surface area (TPSA) is 50.9 Å². The summed E-state index contributed by atoms with van der Waals surface area (Å²) in [6.07, 6.45) is 1.57. The highest BCUT2D eigenvalue weighted by molar-refractivity contribution is 6.31. The zero-order valence-corrected chi connectivity index (χ0v) is 12.2. The maximum absolute atomic E-state index is 13.0. The van der Waals surface area contributed by atoms with Crippen LogP contribution in [-0.4, -0.2) is 26.0 Å². The van der Waals surface area contributed by atoms with Gasteiger partial charge in [0.2, 0.25) is 0 Å². The van der Waals surface area contributed by atoms with Gasteiger partial charge in [0.25, 0.3) is 0 Å². The Bertz CT molecular complexity index is 586. The number of aliphatic hydroxyl groups excluding tert-OH is 1. The first-order valence-corrected chi connectivity index (χ1v) is 6.85. The summed E-state index contributed by atoms with van der Waals surface area (Å²) in [5, 5.41) is 14.6. The van der Waals surface area contributed by atoms with Gasteiger partial charge in [-0.05, 0) is 31.5 Å². The van der Waals surface area contributed by atoms with Crippen molar-refractivity contribution < 1.29 is 9.50 Å². The van der Waals surface area contributed by atoms with Gasteiger partial charge in [0.15, 0.2) is 0 Å². The summed E-state index contributed by atoms with van der Waals surface area (Å²) in [5.41, 5.74) is 0.719. The number of nitrogens with zero attached hydrogens (tertiary/aromatic N) is 3. The van der Waals surface area contributed by atoms with E-state index in [1.54, 1.807) is 10.7 Å². The van der Waals surface area contributed by atoms with Gasteiger partial charge in [0.05, 0.1) is 6.10 Å². The lowest BCUT2D eigenvalue weighted by molar-refractivity contribution is 0.170. The number of hydrogen-bond acceptors (Lipinski definition) is 3. The fraction of sp³-hybridized carbons (Fsp3) is 0.429. The maximum Gasteiger partial charge on any atom is 0.138 e. The number of benzene rings is 1. The Balaban J connectivity index is 2.05. The van der Waals surface area contributed by atoms with E-state index in [0.717, 1.165) is 11.4 Å². The molecular weight excluding hydrogens is 281 g/mol. The van der Waals surface area contributed by atoms with Crippen LogP contribution in [0.5, 0.6) is 0 Å². The van der Waals surface area contributed by atoms with E-state index in [-0.39, 0.29) is 11.9 Å². The molecule has 1 N–H and O–H groups in total. The zero-order chi connectivity index (χ0) is 14.7. The molecule has 20 heavy (non-hydrogen) atoms. The third-order valence-corrected chi connectivity index (χ3v) is 3.38. The van der Waals surface area contributed by atoms with E-state index in [1.807, 2.05) is 13.8 Å². The molecule has 1 heterocycles. The van der Waals surface area contributed by atoms with Crippen LogP contribution >= 0.6 is 11.6 Å². The van der Waals surface area contributed by atoms with E-state index >= 15 is 0 Å². The van der Waals surface area contributed by atoms with Crippen molar-refractivity contribution in [2.45, 2.75) is 38.8 Å². The standard InChI is InChI=1S/C14H17ClFN3O/c1-9(2)19-14(17-8-18-19)7-12(20)5-10-3-4-11(16)6-13(10)15/h3-4,6,8-9,12,20H,5,7H2,1-2H3. The number of hydrogen-bond donors (Lipinski definition) is 1. The molecule has 1 unspecified atom stereocenters. The predicted octanol–water partition coefficient (Wildman–Crippen LogP) is 2.80. The molecule has 0 saturated heterocycles. The number of halogens is 2. The van der Waals surface area contributed by atoms with Crippen molar-refractivity contribution in [2.24, 2.45) is 0 Å². The Morgan fingerprint density at radius 3 is 2.75 bits per heavy atom. The van der Waals surface area contributed by atoms with Crippen molar-refractivity contribution in [1.29, 1.82) is 0 Å². The Labute approximate surface area is 122 Å². The second kappa shape index (κ2) is 6.33. The number of aromatic nitrogens is 3. The van der Waals surface area contributed by atoms with Gasteiger partial charge in [-0.3, -0.25) is 0 Å². The average Bonchev–Trinajstić information content (AvgIpc) is 2.81. The lowest BCUT2D eigenvalue weighted by atomic mass is 10.1. The van der Waals surface area contributed by atoms with Crippen molar-refractivity contribution in [3.63, 3.8) is 0 Å². The Morgan fingerprint density at radius 2 is 2.10 bits per heavy atom. The van der Waals surface area contributed by atoms with Crippen LogP contribution in [0.25, 0.3) is 0 Å². The first kappa shape index (κ1) is 14.9. The van der Waals surface area contributed by atoms with Crippen LogP contribution in [0.1, 0.15) is 31.3 Å². The van der Waals surface area contributed by atoms with E-state index in [2.05, 4.69) is 10.1 Å². The van der Waals surface area contributed by atoms with E-state index in [9.17, 15) is 9.50 Å². The highest BCUT2D eigenvalue weighted by Crippen LogP contribution is 2.20. The summed E-state index contributed by atoms with van der Waals surface area (Å²) >= 11 is 5.95. The molecule has 0 radical (unpaired) electrons. The predicted molar refractivity (Wildman–Crippen MR) is 75.2 cm³/mol. The molecule has 2 aromatic rings. The SMILES string of the molecule is CC(C)n1ncnc1CC(O)Cc1ccc(F)cc1Cl. The van der Waals surface area contributed by atoms with E-state index in [4.69, 9.17) is 11.6 Å². The highest BCUT2D eigenvalue weighted by atomic mass is 35.5. The Morgan fingerprint density at radius 1 is 1.35 bits per heavy atom. The minimum absolute atomic E-state index is 0.189.